The highest BCUT2D eigenvalue weighted by Gasteiger charge is 2.45. The molecule has 0 amide bonds. The maximum Gasteiger partial charge on any atom is 0.0713 e. The molecule has 0 radical (unpaired) electrons. The Bertz CT molecular complexity index is 303. The van der Waals surface area contributed by atoms with Gasteiger partial charge >= 0.3 is 0 Å². The minimum Gasteiger partial charge on any atom is -0.380 e. The van der Waals surface area contributed by atoms with E-state index in [2.05, 4.69) is 37.7 Å². The van der Waals surface area contributed by atoms with Crippen LogP contribution in [-0.2, 0) is 9.47 Å². The van der Waals surface area contributed by atoms with Gasteiger partial charge in [-0.2, -0.15) is 0 Å². The predicted molar refractivity (Wildman–Crippen MR) is 82.1 cm³/mol. The van der Waals surface area contributed by atoms with E-state index in [4.69, 9.17) is 9.47 Å². The van der Waals surface area contributed by atoms with E-state index in [9.17, 15) is 0 Å². The lowest BCUT2D eigenvalue weighted by molar-refractivity contribution is -0.0217. The molecule has 0 bridgehead atoms. The Hall–Kier alpha value is -0.160. The first-order chi connectivity index (χ1) is 9.44. The van der Waals surface area contributed by atoms with Crippen molar-refractivity contribution >= 4 is 0 Å². The summed E-state index contributed by atoms with van der Waals surface area (Å²) < 4.78 is 11.5. The van der Waals surface area contributed by atoms with Crippen molar-refractivity contribution in [3.05, 3.63) is 0 Å². The normalized spacial score (nSPS) is 30.1. The van der Waals surface area contributed by atoms with Crippen molar-refractivity contribution in [2.45, 2.75) is 51.4 Å². The topological polar surface area (TPSA) is 24.9 Å². The average molecular weight is 284 g/mol. The summed E-state index contributed by atoms with van der Waals surface area (Å²) in [4.78, 5) is 4.93. The number of methoxy groups -OCH3 is 1. The fourth-order valence-electron chi connectivity index (χ4n) is 3.13. The molecule has 1 saturated carbocycles. The number of rotatable bonds is 7. The molecular formula is C16H32N2O2. The molecule has 2 aliphatic rings. The third-order valence-corrected chi connectivity index (χ3v) is 4.77. The molecule has 118 valence electrons. The summed E-state index contributed by atoms with van der Waals surface area (Å²) >= 11 is 0. The van der Waals surface area contributed by atoms with Crippen molar-refractivity contribution in [1.29, 1.82) is 0 Å². The summed E-state index contributed by atoms with van der Waals surface area (Å²) in [7, 11) is 6.20. The average Bonchev–Trinajstić information content (AvgIpc) is 3.16. The molecule has 0 unspecified atom stereocenters. The maximum absolute atomic E-state index is 5.87. The number of likely N-dealkylation sites (N-methyl/N-ethyl adjacent to an activating group) is 1. The van der Waals surface area contributed by atoms with Gasteiger partial charge < -0.3 is 14.4 Å². The highest BCUT2D eigenvalue weighted by molar-refractivity contribution is 4.97. The number of hydrogen-bond donors (Lipinski definition) is 0. The van der Waals surface area contributed by atoms with Crippen LogP contribution in [0.5, 0.6) is 0 Å². The van der Waals surface area contributed by atoms with Crippen LogP contribution in [0.1, 0.15) is 33.1 Å². The van der Waals surface area contributed by atoms with E-state index in [1.807, 2.05) is 7.11 Å². The standard InChI is InChI=1S/C16H32N2O2/c1-13(2)20-12-16(6-7-16)11-18-9-14(17(3)4)8-15(10-18)19-5/h13-15H,6-12H2,1-5H3/t14-,15+/m0/s1. The summed E-state index contributed by atoms with van der Waals surface area (Å²) in [6.45, 7) is 8.58. The molecule has 0 aromatic rings. The minimum atomic E-state index is 0.343. The largest absolute Gasteiger partial charge is 0.380 e. The van der Waals surface area contributed by atoms with Crippen LogP contribution in [-0.4, -0.2) is 75.5 Å². The van der Waals surface area contributed by atoms with E-state index < -0.39 is 0 Å². The smallest absolute Gasteiger partial charge is 0.0713 e. The first-order valence-electron chi connectivity index (χ1n) is 7.97. The predicted octanol–water partition coefficient (Wildman–Crippen LogP) is 1.84. The zero-order chi connectivity index (χ0) is 14.8. The van der Waals surface area contributed by atoms with Crippen LogP contribution in [0.3, 0.4) is 0 Å². The molecule has 0 aromatic carbocycles. The highest BCUT2D eigenvalue weighted by Crippen LogP contribution is 2.47. The second-order valence-corrected chi connectivity index (χ2v) is 7.26. The third kappa shape index (κ3) is 4.42. The molecule has 2 rings (SSSR count). The van der Waals surface area contributed by atoms with Crippen LogP contribution in [0.25, 0.3) is 0 Å². The number of hydrogen-bond acceptors (Lipinski definition) is 4. The van der Waals surface area contributed by atoms with E-state index in [0.29, 0.717) is 23.7 Å². The first kappa shape index (κ1) is 16.2. The Morgan fingerprint density at radius 3 is 2.45 bits per heavy atom. The second kappa shape index (κ2) is 6.73. The van der Waals surface area contributed by atoms with Crippen LogP contribution >= 0.6 is 0 Å². The van der Waals surface area contributed by atoms with Gasteiger partial charge in [0.1, 0.15) is 0 Å². The van der Waals surface area contributed by atoms with Crippen molar-refractivity contribution in [1.82, 2.24) is 9.80 Å². The zero-order valence-electron chi connectivity index (χ0n) is 13.9. The molecule has 20 heavy (non-hydrogen) atoms. The van der Waals surface area contributed by atoms with Gasteiger partial charge in [0.2, 0.25) is 0 Å². The second-order valence-electron chi connectivity index (χ2n) is 7.26. The third-order valence-electron chi connectivity index (χ3n) is 4.77. The molecule has 4 nitrogen and oxygen atoms in total. The Kier molecular flexibility index (Phi) is 5.46. The Morgan fingerprint density at radius 1 is 1.25 bits per heavy atom. The van der Waals surface area contributed by atoms with Gasteiger partial charge in [-0.15, -0.1) is 0 Å². The maximum atomic E-state index is 5.87. The summed E-state index contributed by atoms with van der Waals surface area (Å²) in [5.74, 6) is 0. The number of likely N-dealkylation sites (tertiary alicyclic amines) is 1. The number of piperidine rings is 1. The zero-order valence-corrected chi connectivity index (χ0v) is 13.9. The molecule has 1 aliphatic carbocycles. The monoisotopic (exact) mass is 284 g/mol. The molecule has 0 aromatic heterocycles. The SMILES string of the molecule is CO[C@@H]1C[C@H](N(C)C)CN(CC2(COC(C)C)CC2)C1. The van der Waals surface area contributed by atoms with E-state index in [-0.39, 0.29) is 0 Å². The summed E-state index contributed by atoms with van der Waals surface area (Å²) in [5, 5.41) is 0. The van der Waals surface area contributed by atoms with Gasteiger partial charge in [-0.3, -0.25) is 4.90 Å². The van der Waals surface area contributed by atoms with E-state index in [0.717, 1.165) is 26.1 Å². The van der Waals surface area contributed by atoms with Crippen molar-refractivity contribution < 1.29 is 9.47 Å². The summed E-state index contributed by atoms with van der Waals surface area (Å²) in [5.41, 5.74) is 0.427. The lowest BCUT2D eigenvalue weighted by Gasteiger charge is -2.41. The minimum absolute atomic E-state index is 0.343. The van der Waals surface area contributed by atoms with Gasteiger partial charge in [-0.05, 0) is 47.2 Å². The van der Waals surface area contributed by atoms with Gasteiger partial charge in [0, 0.05) is 38.2 Å². The van der Waals surface area contributed by atoms with Crippen LogP contribution < -0.4 is 0 Å². The summed E-state index contributed by atoms with van der Waals surface area (Å²) in [6.07, 6.45) is 4.50. The van der Waals surface area contributed by atoms with Crippen molar-refractivity contribution in [2.75, 3.05) is 47.4 Å². The Morgan fingerprint density at radius 2 is 1.95 bits per heavy atom. The lowest BCUT2D eigenvalue weighted by Crippen LogP contribution is -2.52. The molecule has 0 spiro atoms. The van der Waals surface area contributed by atoms with E-state index in [1.165, 1.54) is 19.4 Å². The van der Waals surface area contributed by atoms with Gasteiger partial charge in [0.05, 0.1) is 18.8 Å². The molecule has 1 heterocycles. The quantitative estimate of drug-likeness (QED) is 0.712. The summed E-state index contributed by atoms with van der Waals surface area (Å²) in [6, 6.07) is 0.607. The Labute approximate surface area is 124 Å². The fraction of sp³-hybridized carbons (Fsp3) is 1.00. The van der Waals surface area contributed by atoms with Crippen molar-refractivity contribution in [2.24, 2.45) is 5.41 Å². The van der Waals surface area contributed by atoms with Crippen LogP contribution in [0.4, 0.5) is 0 Å². The highest BCUT2D eigenvalue weighted by atomic mass is 16.5. The number of nitrogens with zero attached hydrogens (tertiary/aromatic N) is 2. The van der Waals surface area contributed by atoms with Gasteiger partial charge in [0.15, 0.2) is 0 Å². The molecule has 1 aliphatic heterocycles. The molecule has 2 fully saturated rings. The van der Waals surface area contributed by atoms with E-state index in [1.54, 1.807) is 0 Å². The van der Waals surface area contributed by atoms with Crippen LogP contribution in [0, 0.1) is 5.41 Å². The molecule has 0 N–H and O–H groups in total. The van der Waals surface area contributed by atoms with Gasteiger partial charge in [-0.25, -0.2) is 0 Å². The van der Waals surface area contributed by atoms with Crippen molar-refractivity contribution in [3.63, 3.8) is 0 Å². The lowest BCUT2D eigenvalue weighted by atomic mass is 9.99. The van der Waals surface area contributed by atoms with Crippen molar-refractivity contribution in [3.8, 4) is 0 Å². The fourth-order valence-corrected chi connectivity index (χ4v) is 3.13. The van der Waals surface area contributed by atoms with Crippen LogP contribution in [0.2, 0.25) is 0 Å². The molecule has 2 atom stereocenters. The molecule has 4 heteroatoms. The Balaban J connectivity index is 1.87. The van der Waals surface area contributed by atoms with Gasteiger partial charge in [0.25, 0.3) is 0 Å². The van der Waals surface area contributed by atoms with Crippen LogP contribution in [0.15, 0.2) is 0 Å². The van der Waals surface area contributed by atoms with E-state index >= 15 is 0 Å². The first-order valence-corrected chi connectivity index (χ1v) is 7.97. The number of ether oxygens (including phenoxy) is 2. The molecular weight excluding hydrogens is 252 g/mol. The molecule has 1 saturated heterocycles. The van der Waals surface area contributed by atoms with Gasteiger partial charge in [-0.1, -0.05) is 0 Å².